The highest BCUT2D eigenvalue weighted by Crippen LogP contribution is 2.21. The fourth-order valence-electron chi connectivity index (χ4n) is 2.40. The molecule has 3 rings (SSSR count). The highest BCUT2D eigenvalue weighted by molar-refractivity contribution is 6.32. The van der Waals surface area contributed by atoms with E-state index in [0.717, 1.165) is 0 Å². The van der Waals surface area contributed by atoms with E-state index in [1.165, 1.54) is 4.57 Å². The SMILES string of the molecule is O=C(CCl)Cc1nc2ccccc2c(=O)n1-c1ccccc1Cl. The van der Waals surface area contributed by atoms with Crippen molar-refractivity contribution in [3.63, 3.8) is 0 Å². The highest BCUT2D eigenvalue weighted by Gasteiger charge is 2.16. The predicted octanol–water partition coefficient (Wildman–Crippen LogP) is 3.39. The quantitative estimate of drug-likeness (QED) is 0.680. The molecular weight excluding hydrogens is 335 g/mol. The Morgan fingerprint density at radius 3 is 2.52 bits per heavy atom. The summed E-state index contributed by atoms with van der Waals surface area (Å²) in [6, 6.07) is 14.0. The Morgan fingerprint density at radius 2 is 1.78 bits per heavy atom. The van der Waals surface area contributed by atoms with Gasteiger partial charge in [-0.3, -0.25) is 14.2 Å². The van der Waals surface area contributed by atoms with Gasteiger partial charge in [0.05, 0.1) is 33.9 Å². The lowest BCUT2D eigenvalue weighted by Gasteiger charge is -2.14. The summed E-state index contributed by atoms with van der Waals surface area (Å²) < 4.78 is 1.38. The maximum atomic E-state index is 12.9. The van der Waals surface area contributed by atoms with E-state index in [9.17, 15) is 9.59 Å². The van der Waals surface area contributed by atoms with Gasteiger partial charge in [0.25, 0.3) is 5.56 Å². The number of alkyl halides is 1. The van der Waals surface area contributed by atoms with Crippen LogP contribution in [0.3, 0.4) is 0 Å². The third kappa shape index (κ3) is 3.00. The molecule has 0 radical (unpaired) electrons. The van der Waals surface area contributed by atoms with Gasteiger partial charge in [-0.05, 0) is 24.3 Å². The van der Waals surface area contributed by atoms with Gasteiger partial charge < -0.3 is 0 Å². The Labute approximate surface area is 142 Å². The molecule has 1 aromatic heterocycles. The molecule has 0 amide bonds. The van der Waals surface area contributed by atoms with Crippen LogP contribution in [-0.4, -0.2) is 21.2 Å². The molecule has 0 spiro atoms. The summed E-state index contributed by atoms with van der Waals surface area (Å²) in [7, 11) is 0. The minimum absolute atomic E-state index is 0.0329. The Balaban J connectivity index is 2.35. The second-order valence-corrected chi connectivity index (χ2v) is 5.66. The highest BCUT2D eigenvalue weighted by atomic mass is 35.5. The smallest absolute Gasteiger partial charge is 0.266 e. The van der Waals surface area contributed by atoms with Crippen molar-refractivity contribution in [1.29, 1.82) is 0 Å². The fourth-order valence-corrected chi connectivity index (χ4v) is 2.72. The van der Waals surface area contributed by atoms with Gasteiger partial charge in [0.15, 0.2) is 5.78 Å². The third-order valence-corrected chi connectivity index (χ3v) is 4.06. The van der Waals surface area contributed by atoms with Gasteiger partial charge >= 0.3 is 0 Å². The fraction of sp³-hybridized carbons (Fsp3) is 0.118. The van der Waals surface area contributed by atoms with Crippen LogP contribution >= 0.6 is 23.2 Å². The van der Waals surface area contributed by atoms with Crippen LogP contribution in [0.4, 0.5) is 0 Å². The third-order valence-electron chi connectivity index (χ3n) is 3.44. The number of para-hydroxylation sites is 2. The first-order valence-corrected chi connectivity index (χ1v) is 7.86. The molecule has 0 saturated carbocycles. The Hall–Kier alpha value is -2.17. The van der Waals surface area contributed by atoms with Gasteiger partial charge in [-0.25, -0.2) is 4.98 Å². The number of ketones is 1. The van der Waals surface area contributed by atoms with Crippen molar-refractivity contribution in [2.24, 2.45) is 0 Å². The van der Waals surface area contributed by atoms with Gasteiger partial charge in [0.2, 0.25) is 0 Å². The normalized spacial score (nSPS) is 10.9. The molecule has 0 bridgehead atoms. The number of benzene rings is 2. The van der Waals surface area contributed by atoms with E-state index < -0.39 is 0 Å². The number of carbonyl (C=O) groups is 1. The summed E-state index contributed by atoms with van der Waals surface area (Å²) in [6.07, 6.45) is -0.0329. The molecule has 0 unspecified atom stereocenters. The van der Waals surface area contributed by atoms with Crippen LogP contribution in [0, 0.1) is 0 Å². The van der Waals surface area contributed by atoms with E-state index in [2.05, 4.69) is 4.98 Å². The maximum Gasteiger partial charge on any atom is 0.266 e. The van der Waals surface area contributed by atoms with Crippen molar-refractivity contribution >= 4 is 39.9 Å². The summed E-state index contributed by atoms with van der Waals surface area (Å²) in [6.45, 7) is 0. The van der Waals surface area contributed by atoms with Crippen molar-refractivity contribution in [3.8, 4) is 5.69 Å². The van der Waals surface area contributed by atoms with Crippen LogP contribution in [0.15, 0.2) is 53.3 Å². The lowest BCUT2D eigenvalue weighted by molar-refractivity contribution is -0.116. The second-order valence-electron chi connectivity index (χ2n) is 4.99. The lowest BCUT2D eigenvalue weighted by Crippen LogP contribution is -2.26. The molecule has 0 aliphatic carbocycles. The van der Waals surface area contributed by atoms with Crippen LogP contribution in [0.5, 0.6) is 0 Å². The van der Waals surface area contributed by atoms with E-state index in [0.29, 0.717) is 27.4 Å². The van der Waals surface area contributed by atoms with Gasteiger partial charge in [0.1, 0.15) is 5.82 Å². The molecule has 1 heterocycles. The Kier molecular flexibility index (Phi) is 4.46. The molecule has 6 heteroatoms. The van der Waals surface area contributed by atoms with Crippen molar-refractivity contribution in [1.82, 2.24) is 9.55 Å². The van der Waals surface area contributed by atoms with E-state index in [-0.39, 0.29) is 23.6 Å². The van der Waals surface area contributed by atoms with E-state index >= 15 is 0 Å². The molecule has 116 valence electrons. The molecule has 0 N–H and O–H groups in total. The van der Waals surface area contributed by atoms with Crippen LogP contribution < -0.4 is 5.56 Å². The molecular formula is C17H12Cl2N2O2. The number of hydrogen-bond acceptors (Lipinski definition) is 3. The van der Waals surface area contributed by atoms with Crippen LogP contribution in [0.1, 0.15) is 5.82 Å². The number of nitrogens with zero attached hydrogens (tertiary/aromatic N) is 2. The first-order valence-electron chi connectivity index (χ1n) is 6.95. The van der Waals surface area contributed by atoms with Crippen molar-refractivity contribution in [2.75, 3.05) is 5.88 Å². The summed E-state index contributed by atoms with van der Waals surface area (Å²) in [5, 5.41) is 0.876. The number of aromatic nitrogens is 2. The number of Topliss-reactive ketones (excluding diaryl/α,β-unsaturated/α-hetero) is 1. The van der Waals surface area contributed by atoms with Gasteiger partial charge in [-0.2, -0.15) is 0 Å². The van der Waals surface area contributed by atoms with E-state index in [4.69, 9.17) is 23.2 Å². The molecule has 0 aliphatic heterocycles. The van der Waals surface area contributed by atoms with Crippen LogP contribution in [-0.2, 0) is 11.2 Å². The molecule has 0 fully saturated rings. The van der Waals surface area contributed by atoms with Crippen molar-refractivity contribution in [3.05, 3.63) is 69.7 Å². The minimum atomic E-state index is -0.263. The topological polar surface area (TPSA) is 52.0 Å². The maximum absolute atomic E-state index is 12.9. The number of hydrogen-bond donors (Lipinski definition) is 0. The Morgan fingerprint density at radius 1 is 1.09 bits per heavy atom. The molecule has 23 heavy (non-hydrogen) atoms. The number of halogens is 2. The molecule has 0 aliphatic rings. The summed E-state index contributed by atoms with van der Waals surface area (Å²) in [5.74, 6) is -0.0207. The zero-order chi connectivity index (χ0) is 16.4. The zero-order valence-corrected chi connectivity index (χ0v) is 13.5. The molecule has 4 nitrogen and oxygen atoms in total. The molecule has 2 aromatic carbocycles. The van der Waals surface area contributed by atoms with Crippen LogP contribution in [0.2, 0.25) is 5.02 Å². The zero-order valence-electron chi connectivity index (χ0n) is 12.0. The average molecular weight is 347 g/mol. The summed E-state index contributed by atoms with van der Waals surface area (Å²) >= 11 is 11.8. The molecule has 3 aromatic rings. The van der Waals surface area contributed by atoms with Gasteiger partial charge in [0, 0.05) is 0 Å². The number of carbonyl (C=O) groups excluding carboxylic acids is 1. The van der Waals surface area contributed by atoms with Crippen LogP contribution in [0.25, 0.3) is 16.6 Å². The summed E-state index contributed by atoms with van der Waals surface area (Å²) in [4.78, 5) is 29.1. The van der Waals surface area contributed by atoms with Crippen molar-refractivity contribution in [2.45, 2.75) is 6.42 Å². The lowest BCUT2D eigenvalue weighted by atomic mass is 10.2. The van der Waals surface area contributed by atoms with Gasteiger partial charge in [-0.1, -0.05) is 35.9 Å². The molecule has 0 atom stereocenters. The second kappa shape index (κ2) is 6.52. The average Bonchev–Trinajstić information content (AvgIpc) is 2.56. The molecule has 0 saturated heterocycles. The largest absolute Gasteiger partial charge is 0.298 e. The first kappa shape index (κ1) is 15.7. The number of fused-ring (bicyclic) bond motifs is 1. The standard InChI is InChI=1S/C17H12Cl2N2O2/c18-10-11(22)9-16-20-14-7-3-1-5-12(14)17(23)21(16)15-8-4-2-6-13(15)19/h1-8H,9-10H2. The minimum Gasteiger partial charge on any atom is -0.298 e. The van der Waals surface area contributed by atoms with E-state index in [1.54, 1.807) is 48.5 Å². The van der Waals surface area contributed by atoms with E-state index in [1.807, 2.05) is 0 Å². The monoisotopic (exact) mass is 346 g/mol. The predicted molar refractivity (Wildman–Crippen MR) is 91.8 cm³/mol. The summed E-state index contributed by atoms with van der Waals surface area (Å²) in [5.41, 5.74) is 0.772. The first-order chi connectivity index (χ1) is 11.1. The van der Waals surface area contributed by atoms with Crippen molar-refractivity contribution < 1.29 is 4.79 Å². The number of rotatable bonds is 4. The van der Waals surface area contributed by atoms with Gasteiger partial charge in [-0.15, -0.1) is 11.6 Å². The Bertz CT molecular complexity index is 951.